The van der Waals surface area contributed by atoms with Crippen LogP contribution < -0.4 is 5.32 Å². The second-order valence-corrected chi connectivity index (χ2v) is 7.72. The Bertz CT molecular complexity index is 1080. The maximum atomic E-state index is 4.73. The highest BCUT2D eigenvalue weighted by Crippen LogP contribution is 2.28. The summed E-state index contributed by atoms with van der Waals surface area (Å²) in [6.45, 7) is 6.62. The lowest BCUT2D eigenvalue weighted by Crippen LogP contribution is -2.11. The Labute approximate surface area is 165 Å². The van der Waals surface area contributed by atoms with Crippen molar-refractivity contribution in [3.05, 3.63) is 84.9 Å². The topological polar surface area (TPSA) is 55.6 Å². The van der Waals surface area contributed by atoms with Crippen LogP contribution in [-0.4, -0.2) is 19.7 Å². The summed E-state index contributed by atoms with van der Waals surface area (Å²) in [5.74, 6) is 0.679. The maximum absolute atomic E-state index is 4.73. The zero-order chi connectivity index (χ0) is 19.6. The van der Waals surface area contributed by atoms with Crippen LogP contribution in [0.1, 0.15) is 26.3 Å². The third kappa shape index (κ3) is 3.78. The van der Waals surface area contributed by atoms with Crippen LogP contribution in [0.3, 0.4) is 0 Å². The zero-order valence-electron chi connectivity index (χ0n) is 16.3. The van der Waals surface area contributed by atoms with Gasteiger partial charge in [-0.05, 0) is 47.4 Å². The average Bonchev–Trinajstić information content (AvgIpc) is 3.19. The third-order valence-corrected chi connectivity index (χ3v) is 4.60. The number of para-hydroxylation sites is 1. The Kier molecular flexibility index (Phi) is 4.65. The highest BCUT2D eigenvalue weighted by Gasteiger charge is 2.15. The number of rotatable bonds is 4. The van der Waals surface area contributed by atoms with Gasteiger partial charge in [0.1, 0.15) is 6.33 Å². The molecule has 0 aliphatic heterocycles. The van der Waals surface area contributed by atoms with Gasteiger partial charge in [0.05, 0.1) is 5.69 Å². The van der Waals surface area contributed by atoms with E-state index in [1.54, 1.807) is 18.7 Å². The van der Waals surface area contributed by atoms with E-state index >= 15 is 0 Å². The standard InChI is InChI=1S/C23H23N5/c1-23(2,3)17-7-6-8-19(15-17)28-16-25-22(27-28)20-9-4-5-10-21(20)26-18-11-13-24-14-12-18/h4-16H,1-3H3,(H,24,26). The fourth-order valence-corrected chi connectivity index (χ4v) is 3.00. The van der Waals surface area contributed by atoms with Crippen molar-refractivity contribution in [3.63, 3.8) is 0 Å². The molecule has 2 heterocycles. The first-order chi connectivity index (χ1) is 13.5. The van der Waals surface area contributed by atoms with E-state index in [9.17, 15) is 0 Å². The van der Waals surface area contributed by atoms with Gasteiger partial charge in [-0.1, -0.05) is 45.0 Å². The van der Waals surface area contributed by atoms with Crippen molar-refractivity contribution >= 4 is 11.4 Å². The van der Waals surface area contributed by atoms with E-state index < -0.39 is 0 Å². The Balaban J connectivity index is 1.67. The van der Waals surface area contributed by atoms with E-state index in [4.69, 9.17) is 5.10 Å². The molecule has 0 unspecified atom stereocenters. The van der Waals surface area contributed by atoms with Crippen molar-refractivity contribution in [1.29, 1.82) is 0 Å². The molecule has 0 atom stereocenters. The predicted molar refractivity (Wildman–Crippen MR) is 113 cm³/mol. The van der Waals surface area contributed by atoms with E-state index in [2.05, 4.69) is 60.3 Å². The predicted octanol–water partition coefficient (Wildman–Crippen LogP) is 5.37. The molecule has 0 saturated carbocycles. The fraction of sp³-hybridized carbons (Fsp3) is 0.174. The van der Waals surface area contributed by atoms with E-state index in [1.165, 1.54) is 5.56 Å². The highest BCUT2D eigenvalue weighted by molar-refractivity contribution is 5.77. The van der Waals surface area contributed by atoms with Gasteiger partial charge >= 0.3 is 0 Å². The van der Waals surface area contributed by atoms with Gasteiger partial charge in [-0.25, -0.2) is 9.67 Å². The molecule has 0 aliphatic rings. The van der Waals surface area contributed by atoms with Gasteiger partial charge in [0.25, 0.3) is 0 Å². The fourth-order valence-electron chi connectivity index (χ4n) is 3.00. The van der Waals surface area contributed by atoms with Gasteiger partial charge in [-0.2, -0.15) is 0 Å². The number of aromatic nitrogens is 4. The summed E-state index contributed by atoms with van der Waals surface area (Å²) >= 11 is 0. The number of hydrogen-bond donors (Lipinski definition) is 1. The summed E-state index contributed by atoms with van der Waals surface area (Å²) in [5.41, 5.74) is 5.23. The summed E-state index contributed by atoms with van der Waals surface area (Å²) in [5, 5.41) is 8.15. The van der Waals surface area contributed by atoms with Gasteiger partial charge < -0.3 is 5.32 Å². The van der Waals surface area contributed by atoms with Crippen LogP contribution in [0.5, 0.6) is 0 Å². The molecule has 0 bridgehead atoms. The SMILES string of the molecule is CC(C)(C)c1cccc(-n2cnc(-c3ccccc3Nc3ccncc3)n2)c1. The van der Waals surface area contributed by atoms with Gasteiger partial charge in [-0.15, -0.1) is 5.10 Å². The van der Waals surface area contributed by atoms with Crippen LogP contribution in [0, 0.1) is 0 Å². The lowest BCUT2D eigenvalue weighted by Gasteiger charge is -2.19. The van der Waals surface area contributed by atoms with Crippen LogP contribution in [0.15, 0.2) is 79.4 Å². The van der Waals surface area contributed by atoms with Crippen LogP contribution in [0.25, 0.3) is 17.1 Å². The first kappa shape index (κ1) is 17.9. The highest BCUT2D eigenvalue weighted by atomic mass is 15.3. The smallest absolute Gasteiger partial charge is 0.183 e. The first-order valence-corrected chi connectivity index (χ1v) is 9.30. The number of nitrogens with one attached hydrogen (secondary N) is 1. The number of nitrogens with zero attached hydrogens (tertiary/aromatic N) is 4. The van der Waals surface area contributed by atoms with Gasteiger partial charge in [0, 0.05) is 29.3 Å². The van der Waals surface area contributed by atoms with Crippen LogP contribution in [0.4, 0.5) is 11.4 Å². The molecule has 5 heteroatoms. The molecule has 0 radical (unpaired) electrons. The van der Waals surface area contributed by atoms with Crippen LogP contribution >= 0.6 is 0 Å². The minimum atomic E-state index is 0.0838. The molecule has 140 valence electrons. The van der Waals surface area contributed by atoms with E-state index in [0.29, 0.717) is 5.82 Å². The first-order valence-electron chi connectivity index (χ1n) is 9.30. The molecule has 2 aromatic heterocycles. The zero-order valence-corrected chi connectivity index (χ0v) is 16.3. The summed E-state index contributed by atoms with van der Waals surface area (Å²) in [4.78, 5) is 8.62. The average molecular weight is 369 g/mol. The molecule has 28 heavy (non-hydrogen) atoms. The monoisotopic (exact) mass is 369 g/mol. The molecule has 0 fully saturated rings. The van der Waals surface area contributed by atoms with E-state index in [0.717, 1.165) is 22.6 Å². The van der Waals surface area contributed by atoms with Crippen molar-refractivity contribution in [3.8, 4) is 17.1 Å². The second kappa shape index (κ2) is 7.27. The Hall–Kier alpha value is -3.47. The molecular weight excluding hydrogens is 346 g/mol. The molecular formula is C23H23N5. The summed E-state index contributed by atoms with van der Waals surface area (Å²) in [7, 11) is 0. The Morgan fingerprint density at radius 2 is 1.68 bits per heavy atom. The molecule has 0 amide bonds. The quantitative estimate of drug-likeness (QED) is 0.525. The van der Waals surface area contributed by atoms with Gasteiger partial charge in [0.15, 0.2) is 5.82 Å². The van der Waals surface area contributed by atoms with Crippen molar-refractivity contribution in [2.75, 3.05) is 5.32 Å². The van der Waals surface area contributed by atoms with Gasteiger partial charge in [-0.3, -0.25) is 4.98 Å². The number of benzene rings is 2. The molecule has 2 aromatic carbocycles. The van der Waals surface area contributed by atoms with Crippen molar-refractivity contribution < 1.29 is 0 Å². The molecule has 1 N–H and O–H groups in total. The number of pyridine rings is 1. The minimum absolute atomic E-state index is 0.0838. The van der Waals surface area contributed by atoms with Crippen LogP contribution in [0.2, 0.25) is 0 Å². The summed E-state index contributed by atoms with van der Waals surface area (Å²) in [6, 6.07) is 20.3. The molecule has 5 nitrogen and oxygen atoms in total. The van der Waals surface area contributed by atoms with E-state index in [-0.39, 0.29) is 5.41 Å². The second-order valence-electron chi connectivity index (χ2n) is 7.72. The Morgan fingerprint density at radius 3 is 2.46 bits per heavy atom. The number of anilines is 2. The molecule has 4 aromatic rings. The van der Waals surface area contributed by atoms with E-state index in [1.807, 2.05) is 41.1 Å². The lowest BCUT2D eigenvalue weighted by atomic mass is 9.87. The normalized spacial score (nSPS) is 11.4. The molecule has 0 spiro atoms. The van der Waals surface area contributed by atoms with Gasteiger partial charge in [0.2, 0.25) is 0 Å². The third-order valence-electron chi connectivity index (χ3n) is 4.60. The summed E-state index contributed by atoms with van der Waals surface area (Å²) < 4.78 is 1.83. The lowest BCUT2D eigenvalue weighted by molar-refractivity contribution is 0.589. The number of hydrogen-bond acceptors (Lipinski definition) is 4. The molecule has 0 saturated heterocycles. The molecule has 4 rings (SSSR count). The van der Waals surface area contributed by atoms with Crippen molar-refractivity contribution in [2.45, 2.75) is 26.2 Å². The Morgan fingerprint density at radius 1 is 0.893 bits per heavy atom. The largest absolute Gasteiger partial charge is 0.355 e. The maximum Gasteiger partial charge on any atom is 0.183 e. The minimum Gasteiger partial charge on any atom is -0.355 e. The van der Waals surface area contributed by atoms with Crippen LogP contribution in [-0.2, 0) is 5.41 Å². The van der Waals surface area contributed by atoms with Crippen molar-refractivity contribution in [1.82, 2.24) is 19.7 Å². The summed E-state index contributed by atoms with van der Waals surface area (Å²) in [6.07, 6.45) is 5.29. The van der Waals surface area contributed by atoms with Crippen molar-refractivity contribution in [2.24, 2.45) is 0 Å². The molecule has 0 aliphatic carbocycles.